The first-order valence-corrected chi connectivity index (χ1v) is 8.67. The molecule has 0 atom stereocenters. The summed E-state index contributed by atoms with van der Waals surface area (Å²) in [5, 5.41) is 0. The molecule has 0 spiro atoms. The van der Waals surface area contributed by atoms with Gasteiger partial charge in [-0.1, -0.05) is 57.8 Å². The lowest BCUT2D eigenvalue weighted by Gasteiger charge is -2.29. The van der Waals surface area contributed by atoms with E-state index in [1.54, 1.807) is 0 Å². The molecule has 0 N–H and O–H groups in total. The summed E-state index contributed by atoms with van der Waals surface area (Å²) in [6, 6.07) is 0.581. The van der Waals surface area contributed by atoms with Crippen LogP contribution in [0.25, 0.3) is 0 Å². The Balaban J connectivity index is 1.86. The molecular formula is C17H31NO. The second-order valence-corrected chi connectivity index (χ2v) is 6.46. The van der Waals surface area contributed by atoms with Crippen LogP contribution < -0.4 is 0 Å². The lowest BCUT2D eigenvalue weighted by atomic mass is 10.1. The topological polar surface area (TPSA) is 20.3 Å². The predicted octanol–water partition coefficient (Wildman–Crippen LogP) is 4.67. The maximum absolute atomic E-state index is 12.4. The number of hydrogen-bond donors (Lipinski definition) is 0. The number of rotatable bonds is 1. The average molecular weight is 265 g/mol. The van der Waals surface area contributed by atoms with Crippen molar-refractivity contribution in [3.8, 4) is 0 Å². The molecule has 1 aliphatic carbocycles. The predicted molar refractivity (Wildman–Crippen MR) is 80.1 cm³/mol. The van der Waals surface area contributed by atoms with Crippen LogP contribution in [0.5, 0.6) is 0 Å². The molecule has 19 heavy (non-hydrogen) atoms. The highest BCUT2D eigenvalue weighted by molar-refractivity contribution is 5.76. The van der Waals surface area contributed by atoms with E-state index < -0.39 is 0 Å². The number of nitrogens with zero attached hydrogens (tertiary/aromatic N) is 1. The Bertz CT molecular complexity index is 258. The molecule has 0 bridgehead atoms. The van der Waals surface area contributed by atoms with Crippen LogP contribution in [0.4, 0.5) is 0 Å². The van der Waals surface area contributed by atoms with E-state index in [-0.39, 0.29) is 0 Å². The van der Waals surface area contributed by atoms with E-state index >= 15 is 0 Å². The van der Waals surface area contributed by atoms with Crippen LogP contribution >= 0.6 is 0 Å². The zero-order valence-electron chi connectivity index (χ0n) is 12.5. The minimum Gasteiger partial charge on any atom is -0.340 e. The molecule has 0 radical (unpaired) electrons. The van der Waals surface area contributed by atoms with Gasteiger partial charge in [0.25, 0.3) is 0 Å². The van der Waals surface area contributed by atoms with Crippen molar-refractivity contribution in [3.63, 3.8) is 0 Å². The van der Waals surface area contributed by atoms with Gasteiger partial charge in [-0.2, -0.15) is 0 Å². The van der Waals surface area contributed by atoms with Crippen molar-refractivity contribution >= 4 is 5.91 Å². The van der Waals surface area contributed by atoms with Crippen LogP contribution in [0.3, 0.4) is 0 Å². The maximum atomic E-state index is 12.4. The van der Waals surface area contributed by atoms with Gasteiger partial charge in [-0.05, 0) is 25.7 Å². The third-order valence-corrected chi connectivity index (χ3v) is 4.88. The van der Waals surface area contributed by atoms with Crippen molar-refractivity contribution in [2.75, 3.05) is 6.54 Å². The molecule has 2 heteroatoms. The first kappa shape index (κ1) is 14.9. The molecule has 1 saturated heterocycles. The summed E-state index contributed by atoms with van der Waals surface area (Å²) < 4.78 is 0. The first-order valence-electron chi connectivity index (χ1n) is 8.67. The summed E-state index contributed by atoms with van der Waals surface area (Å²) in [5.74, 6) is 0.450. The standard InChI is InChI=1S/C17H31NO/c19-17-14-8-6-4-2-1-3-5-7-11-15-18(17)16-12-9-10-13-16/h16H,1-15H2. The van der Waals surface area contributed by atoms with Crippen LogP contribution in [-0.4, -0.2) is 23.4 Å². The van der Waals surface area contributed by atoms with Gasteiger partial charge in [-0.25, -0.2) is 0 Å². The monoisotopic (exact) mass is 265 g/mol. The van der Waals surface area contributed by atoms with Crippen LogP contribution in [0.1, 0.15) is 89.9 Å². The minimum atomic E-state index is 0.450. The second-order valence-electron chi connectivity index (χ2n) is 6.46. The normalized spacial score (nSPS) is 25.7. The van der Waals surface area contributed by atoms with E-state index in [0.29, 0.717) is 11.9 Å². The summed E-state index contributed by atoms with van der Waals surface area (Å²) >= 11 is 0. The SMILES string of the molecule is O=C1CCCCCCCCCCCN1C1CCCC1. The molecule has 1 aliphatic heterocycles. The summed E-state index contributed by atoms with van der Waals surface area (Å²) in [7, 11) is 0. The first-order chi connectivity index (χ1) is 9.38. The van der Waals surface area contributed by atoms with Gasteiger partial charge >= 0.3 is 0 Å². The number of carbonyl (C=O) groups is 1. The van der Waals surface area contributed by atoms with Gasteiger partial charge in [0.05, 0.1) is 0 Å². The third kappa shape index (κ3) is 5.16. The zero-order chi connectivity index (χ0) is 13.3. The summed E-state index contributed by atoms with van der Waals surface area (Å²) in [5.41, 5.74) is 0. The van der Waals surface area contributed by atoms with Crippen LogP contribution in [-0.2, 0) is 4.79 Å². The summed E-state index contributed by atoms with van der Waals surface area (Å²) in [6.07, 6.45) is 17.8. The molecule has 2 nitrogen and oxygen atoms in total. The van der Waals surface area contributed by atoms with Gasteiger partial charge in [-0.3, -0.25) is 4.79 Å². The highest BCUT2D eigenvalue weighted by Crippen LogP contribution is 2.25. The molecule has 2 aliphatic rings. The van der Waals surface area contributed by atoms with E-state index in [4.69, 9.17) is 0 Å². The summed E-state index contributed by atoms with van der Waals surface area (Å²) in [6.45, 7) is 1.03. The van der Waals surface area contributed by atoms with Crippen molar-refractivity contribution in [2.24, 2.45) is 0 Å². The fourth-order valence-corrected chi connectivity index (χ4v) is 3.67. The number of hydrogen-bond acceptors (Lipinski definition) is 1. The van der Waals surface area contributed by atoms with Crippen molar-refractivity contribution in [1.29, 1.82) is 0 Å². The Morgan fingerprint density at radius 3 is 1.84 bits per heavy atom. The van der Waals surface area contributed by atoms with E-state index in [9.17, 15) is 4.79 Å². The van der Waals surface area contributed by atoms with E-state index in [2.05, 4.69) is 4.90 Å². The van der Waals surface area contributed by atoms with Crippen LogP contribution in [0.15, 0.2) is 0 Å². The Morgan fingerprint density at radius 1 is 0.684 bits per heavy atom. The van der Waals surface area contributed by atoms with Crippen LogP contribution in [0, 0.1) is 0 Å². The van der Waals surface area contributed by atoms with Crippen molar-refractivity contribution in [1.82, 2.24) is 4.90 Å². The molecular weight excluding hydrogens is 234 g/mol. The van der Waals surface area contributed by atoms with Gasteiger partial charge in [0.1, 0.15) is 0 Å². The molecule has 0 aromatic rings. The van der Waals surface area contributed by atoms with Gasteiger partial charge in [0.2, 0.25) is 5.91 Å². The van der Waals surface area contributed by atoms with Gasteiger partial charge in [0, 0.05) is 19.0 Å². The van der Waals surface area contributed by atoms with Crippen molar-refractivity contribution in [2.45, 2.75) is 95.9 Å². The largest absolute Gasteiger partial charge is 0.340 e. The maximum Gasteiger partial charge on any atom is 0.222 e. The lowest BCUT2D eigenvalue weighted by molar-refractivity contribution is -0.133. The Morgan fingerprint density at radius 2 is 1.21 bits per heavy atom. The zero-order valence-corrected chi connectivity index (χ0v) is 12.5. The average Bonchev–Trinajstić information content (AvgIpc) is 2.93. The molecule has 0 aromatic carbocycles. The quantitative estimate of drug-likeness (QED) is 0.674. The molecule has 2 fully saturated rings. The third-order valence-electron chi connectivity index (χ3n) is 4.88. The highest BCUT2D eigenvalue weighted by atomic mass is 16.2. The molecule has 110 valence electrons. The second kappa shape index (κ2) is 8.60. The summed E-state index contributed by atoms with van der Waals surface area (Å²) in [4.78, 5) is 14.7. The minimum absolute atomic E-state index is 0.450. The number of carbonyl (C=O) groups excluding carboxylic acids is 1. The Kier molecular flexibility index (Phi) is 6.73. The lowest BCUT2D eigenvalue weighted by Crippen LogP contribution is -2.39. The Labute approximate surface area is 118 Å². The molecule has 0 aromatic heterocycles. The fraction of sp³-hybridized carbons (Fsp3) is 0.941. The highest BCUT2D eigenvalue weighted by Gasteiger charge is 2.25. The van der Waals surface area contributed by atoms with Gasteiger partial charge in [-0.15, -0.1) is 0 Å². The molecule has 2 rings (SSSR count). The van der Waals surface area contributed by atoms with E-state index in [1.807, 2.05) is 0 Å². The van der Waals surface area contributed by atoms with Crippen molar-refractivity contribution < 1.29 is 4.79 Å². The molecule has 1 heterocycles. The van der Waals surface area contributed by atoms with Crippen molar-refractivity contribution in [3.05, 3.63) is 0 Å². The Hall–Kier alpha value is -0.530. The molecule has 1 amide bonds. The number of amides is 1. The van der Waals surface area contributed by atoms with Gasteiger partial charge < -0.3 is 4.90 Å². The van der Waals surface area contributed by atoms with Gasteiger partial charge in [0.15, 0.2) is 0 Å². The smallest absolute Gasteiger partial charge is 0.222 e. The molecule has 0 unspecified atom stereocenters. The van der Waals surface area contributed by atoms with Crippen LogP contribution in [0.2, 0.25) is 0 Å². The molecule has 1 saturated carbocycles. The fourth-order valence-electron chi connectivity index (χ4n) is 3.67. The van der Waals surface area contributed by atoms with E-state index in [0.717, 1.165) is 19.4 Å². The van der Waals surface area contributed by atoms with E-state index in [1.165, 1.54) is 77.0 Å².